The summed E-state index contributed by atoms with van der Waals surface area (Å²) in [5.41, 5.74) is 1.16. The summed E-state index contributed by atoms with van der Waals surface area (Å²) in [6.45, 7) is 2.44. The maximum Gasteiger partial charge on any atom is 0.255 e. The molecule has 0 radical (unpaired) electrons. The van der Waals surface area contributed by atoms with Crippen molar-refractivity contribution in [2.75, 3.05) is 11.9 Å². The van der Waals surface area contributed by atoms with E-state index in [1.54, 1.807) is 18.2 Å². The highest BCUT2D eigenvalue weighted by atomic mass is 127. The Morgan fingerprint density at radius 1 is 1.30 bits per heavy atom. The molecule has 0 saturated heterocycles. The maximum absolute atomic E-state index is 12.2. The van der Waals surface area contributed by atoms with E-state index in [-0.39, 0.29) is 5.91 Å². The van der Waals surface area contributed by atoms with Crippen molar-refractivity contribution in [2.24, 2.45) is 0 Å². The van der Waals surface area contributed by atoms with Gasteiger partial charge in [0.05, 0.1) is 17.3 Å². The van der Waals surface area contributed by atoms with Crippen molar-refractivity contribution >= 4 is 45.8 Å². The van der Waals surface area contributed by atoms with Gasteiger partial charge in [0.25, 0.3) is 5.91 Å². The molecule has 0 aliphatic rings. The first-order chi connectivity index (χ1) is 9.61. The lowest BCUT2D eigenvalue weighted by molar-refractivity contribution is 0.102. The molecule has 5 heteroatoms. The zero-order chi connectivity index (χ0) is 14.5. The molecule has 2 rings (SSSR count). The van der Waals surface area contributed by atoms with E-state index >= 15 is 0 Å². The molecule has 20 heavy (non-hydrogen) atoms. The van der Waals surface area contributed by atoms with E-state index in [4.69, 9.17) is 16.3 Å². The van der Waals surface area contributed by atoms with E-state index in [0.29, 0.717) is 28.6 Å². The van der Waals surface area contributed by atoms with Gasteiger partial charge in [-0.25, -0.2) is 0 Å². The maximum atomic E-state index is 12.2. The molecule has 0 aromatic heterocycles. The molecule has 3 nitrogen and oxygen atoms in total. The summed E-state index contributed by atoms with van der Waals surface area (Å²) < 4.78 is 6.39. The van der Waals surface area contributed by atoms with E-state index in [2.05, 4.69) is 27.9 Å². The molecular formula is C15H13ClINO2. The molecule has 2 aromatic carbocycles. The van der Waals surface area contributed by atoms with E-state index in [1.807, 2.05) is 31.2 Å². The molecular weight excluding hydrogens is 389 g/mol. The molecule has 0 unspecified atom stereocenters. The monoisotopic (exact) mass is 401 g/mol. The third-order valence-electron chi connectivity index (χ3n) is 2.62. The smallest absolute Gasteiger partial charge is 0.255 e. The fourth-order valence-corrected chi connectivity index (χ4v) is 2.20. The van der Waals surface area contributed by atoms with Gasteiger partial charge in [-0.3, -0.25) is 4.79 Å². The number of hydrogen-bond donors (Lipinski definition) is 1. The number of carbonyl (C=O) groups is 1. The van der Waals surface area contributed by atoms with Crippen LogP contribution in [-0.2, 0) is 0 Å². The predicted molar refractivity (Wildman–Crippen MR) is 89.7 cm³/mol. The summed E-state index contributed by atoms with van der Waals surface area (Å²) in [5, 5.41) is 3.40. The van der Waals surface area contributed by atoms with Crippen LogP contribution in [0.25, 0.3) is 0 Å². The minimum atomic E-state index is -0.213. The molecule has 2 aromatic rings. The van der Waals surface area contributed by atoms with E-state index < -0.39 is 0 Å². The molecule has 1 N–H and O–H groups in total. The van der Waals surface area contributed by atoms with Gasteiger partial charge in [0.15, 0.2) is 0 Å². The number of halogens is 2. The highest BCUT2D eigenvalue weighted by molar-refractivity contribution is 14.1. The second-order valence-corrected chi connectivity index (χ2v) is 5.58. The highest BCUT2D eigenvalue weighted by Gasteiger charge is 2.10. The topological polar surface area (TPSA) is 38.3 Å². The lowest BCUT2D eigenvalue weighted by Gasteiger charge is -2.11. The van der Waals surface area contributed by atoms with Crippen molar-refractivity contribution in [2.45, 2.75) is 6.92 Å². The summed E-state index contributed by atoms with van der Waals surface area (Å²) in [4.78, 5) is 12.2. The number of nitrogens with one attached hydrogen (secondary N) is 1. The number of anilines is 1. The Hall–Kier alpha value is -1.27. The lowest BCUT2D eigenvalue weighted by atomic mass is 10.2. The Morgan fingerprint density at radius 3 is 2.75 bits per heavy atom. The van der Waals surface area contributed by atoms with Crippen LogP contribution in [0.2, 0.25) is 5.02 Å². The molecule has 0 aliphatic carbocycles. The average molecular weight is 402 g/mol. The SMILES string of the molecule is CCOc1ccccc1NC(=O)c1ccc(I)c(Cl)c1. The molecule has 0 heterocycles. The van der Waals surface area contributed by atoms with Crippen molar-refractivity contribution in [1.82, 2.24) is 0 Å². The molecule has 0 atom stereocenters. The zero-order valence-corrected chi connectivity index (χ0v) is 13.7. The summed E-state index contributed by atoms with van der Waals surface area (Å²) in [6, 6.07) is 12.5. The Kier molecular flexibility index (Phi) is 5.25. The number of amides is 1. The first kappa shape index (κ1) is 15.1. The quantitative estimate of drug-likeness (QED) is 0.761. The Labute approximate surface area is 136 Å². The van der Waals surface area contributed by atoms with Gasteiger partial charge >= 0.3 is 0 Å². The zero-order valence-electron chi connectivity index (χ0n) is 10.8. The largest absolute Gasteiger partial charge is 0.492 e. The molecule has 1 amide bonds. The van der Waals surface area contributed by atoms with Gasteiger partial charge in [0, 0.05) is 9.13 Å². The number of benzene rings is 2. The van der Waals surface area contributed by atoms with Gasteiger partial charge in [0.2, 0.25) is 0 Å². The van der Waals surface area contributed by atoms with Crippen molar-refractivity contribution in [1.29, 1.82) is 0 Å². The number of hydrogen-bond acceptors (Lipinski definition) is 2. The molecule has 0 bridgehead atoms. The van der Waals surface area contributed by atoms with Crippen molar-refractivity contribution in [3.8, 4) is 5.75 Å². The van der Waals surface area contributed by atoms with Gasteiger partial charge in [0.1, 0.15) is 5.75 Å². The summed E-state index contributed by atoms with van der Waals surface area (Å²) >= 11 is 8.15. The number of para-hydroxylation sites is 2. The third-order valence-corrected chi connectivity index (χ3v) is 4.19. The Balaban J connectivity index is 2.21. The third kappa shape index (κ3) is 3.64. The number of ether oxygens (including phenoxy) is 1. The van der Waals surface area contributed by atoms with Crippen LogP contribution < -0.4 is 10.1 Å². The molecule has 104 valence electrons. The summed E-state index contributed by atoms with van der Waals surface area (Å²) in [6.07, 6.45) is 0. The van der Waals surface area contributed by atoms with Crippen LogP contribution in [0, 0.1) is 3.57 Å². The minimum absolute atomic E-state index is 0.213. The van der Waals surface area contributed by atoms with Gasteiger partial charge in [-0.15, -0.1) is 0 Å². The fourth-order valence-electron chi connectivity index (χ4n) is 1.68. The van der Waals surface area contributed by atoms with Crippen molar-refractivity contribution in [3.05, 3.63) is 56.6 Å². The fraction of sp³-hybridized carbons (Fsp3) is 0.133. The average Bonchev–Trinajstić information content (AvgIpc) is 2.44. The molecule has 0 fully saturated rings. The van der Waals surface area contributed by atoms with E-state index in [0.717, 1.165) is 3.57 Å². The Morgan fingerprint density at radius 2 is 2.05 bits per heavy atom. The summed E-state index contributed by atoms with van der Waals surface area (Å²) in [7, 11) is 0. The van der Waals surface area contributed by atoms with Gasteiger partial charge in [-0.05, 0) is 59.8 Å². The van der Waals surface area contributed by atoms with Gasteiger partial charge in [-0.2, -0.15) is 0 Å². The first-order valence-electron chi connectivity index (χ1n) is 6.10. The van der Waals surface area contributed by atoms with E-state index in [9.17, 15) is 4.79 Å². The second-order valence-electron chi connectivity index (χ2n) is 4.01. The van der Waals surface area contributed by atoms with Crippen LogP contribution in [0.4, 0.5) is 5.69 Å². The Bertz CT molecular complexity index is 631. The lowest BCUT2D eigenvalue weighted by Crippen LogP contribution is -2.13. The summed E-state index contributed by atoms with van der Waals surface area (Å²) in [5.74, 6) is 0.440. The van der Waals surface area contributed by atoms with Gasteiger partial charge < -0.3 is 10.1 Å². The van der Waals surface area contributed by atoms with Crippen LogP contribution in [0.3, 0.4) is 0 Å². The normalized spacial score (nSPS) is 10.2. The molecule has 0 aliphatic heterocycles. The predicted octanol–water partition coefficient (Wildman–Crippen LogP) is 4.60. The number of rotatable bonds is 4. The highest BCUT2D eigenvalue weighted by Crippen LogP contribution is 2.25. The van der Waals surface area contributed by atoms with Crippen LogP contribution in [0.15, 0.2) is 42.5 Å². The molecule has 0 saturated carbocycles. The first-order valence-corrected chi connectivity index (χ1v) is 7.55. The standard InChI is InChI=1S/C15H13ClINO2/c1-2-20-14-6-4-3-5-13(14)18-15(19)10-7-8-12(17)11(16)9-10/h3-9H,2H2,1H3,(H,18,19). The van der Waals surface area contributed by atoms with E-state index in [1.165, 1.54) is 0 Å². The van der Waals surface area contributed by atoms with Crippen LogP contribution in [0.1, 0.15) is 17.3 Å². The van der Waals surface area contributed by atoms with Crippen LogP contribution in [0.5, 0.6) is 5.75 Å². The van der Waals surface area contributed by atoms with Crippen LogP contribution in [-0.4, -0.2) is 12.5 Å². The minimum Gasteiger partial charge on any atom is -0.492 e. The molecule has 0 spiro atoms. The number of carbonyl (C=O) groups excluding carboxylic acids is 1. The van der Waals surface area contributed by atoms with Crippen molar-refractivity contribution in [3.63, 3.8) is 0 Å². The van der Waals surface area contributed by atoms with Crippen molar-refractivity contribution < 1.29 is 9.53 Å². The van der Waals surface area contributed by atoms with Gasteiger partial charge in [-0.1, -0.05) is 23.7 Å². The van der Waals surface area contributed by atoms with Crippen LogP contribution >= 0.6 is 34.2 Å². The second kappa shape index (κ2) is 6.95.